The van der Waals surface area contributed by atoms with Crippen LogP contribution in [0.25, 0.3) is 0 Å². The fourth-order valence-corrected chi connectivity index (χ4v) is 3.73. The molecule has 7 heteroatoms. The van der Waals surface area contributed by atoms with E-state index in [2.05, 4.69) is 32.4 Å². The van der Waals surface area contributed by atoms with Crippen molar-refractivity contribution in [3.05, 3.63) is 0 Å². The molecule has 2 aliphatic heterocycles. The molecule has 0 aliphatic carbocycles. The van der Waals surface area contributed by atoms with Gasteiger partial charge in [-0.05, 0) is 51.1 Å². The van der Waals surface area contributed by atoms with Crippen molar-refractivity contribution in [1.29, 1.82) is 0 Å². The zero-order valence-electron chi connectivity index (χ0n) is 16.1. The number of fused-ring (bicyclic) bond motifs is 1. The van der Waals surface area contributed by atoms with E-state index in [1.165, 1.54) is 51.6 Å². The lowest BCUT2D eigenvalue weighted by Crippen LogP contribution is -2.29. The van der Waals surface area contributed by atoms with Gasteiger partial charge in [0.05, 0.1) is 13.3 Å². The lowest BCUT2D eigenvalue weighted by Gasteiger charge is -2.22. The maximum Gasteiger partial charge on any atom is 0.320 e. The summed E-state index contributed by atoms with van der Waals surface area (Å²) in [5.41, 5.74) is 6.92. The number of nitrogens with two attached hydrogens (primary N) is 1. The fourth-order valence-electron chi connectivity index (χ4n) is 3.73. The van der Waals surface area contributed by atoms with Gasteiger partial charge in [-0.3, -0.25) is 0 Å². The first-order chi connectivity index (χ1) is 12.8. The maximum absolute atomic E-state index is 6.07. The SMILES string of the molecule is CCCCOc1nc(N)c2c(n1)N(CCCCCC1CCCNC1)CN2. The number of anilines is 3. The van der Waals surface area contributed by atoms with E-state index < -0.39 is 0 Å². The van der Waals surface area contributed by atoms with Crippen molar-refractivity contribution >= 4 is 17.3 Å². The summed E-state index contributed by atoms with van der Waals surface area (Å²) in [4.78, 5) is 11.1. The first kappa shape index (κ1) is 19.0. The molecule has 1 unspecified atom stereocenters. The Bertz CT molecular complexity index is 561. The molecule has 4 N–H and O–H groups in total. The molecule has 7 nitrogen and oxygen atoms in total. The summed E-state index contributed by atoms with van der Waals surface area (Å²) in [6.45, 7) is 6.93. The number of nitrogen functional groups attached to an aromatic ring is 1. The van der Waals surface area contributed by atoms with E-state index in [1.54, 1.807) is 0 Å². The van der Waals surface area contributed by atoms with Crippen molar-refractivity contribution in [2.75, 3.05) is 48.9 Å². The number of nitrogens with one attached hydrogen (secondary N) is 2. The predicted octanol–water partition coefficient (Wildman–Crippen LogP) is 2.99. The zero-order valence-corrected chi connectivity index (χ0v) is 16.1. The van der Waals surface area contributed by atoms with Crippen LogP contribution < -0.4 is 26.0 Å². The highest BCUT2D eigenvalue weighted by Gasteiger charge is 2.24. The van der Waals surface area contributed by atoms with Crippen LogP contribution in [0, 0.1) is 5.92 Å². The third kappa shape index (κ3) is 5.13. The minimum Gasteiger partial charge on any atom is -0.463 e. The number of hydrogen-bond acceptors (Lipinski definition) is 7. The highest BCUT2D eigenvalue weighted by Crippen LogP contribution is 2.35. The largest absolute Gasteiger partial charge is 0.463 e. The molecule has 1 aromatic rings. The number of hydrogen-bond donors (Lipinski definition) is 3. The molecule has 146 valence electrons. The van der Waals surface area contributed by atoms with Crippen molar-refractivity contribution in [1.82, 2.24) is 15.3 Å². The Kier molecular flexibility index (Phi) is 7.17. The summed E-state index contributed by atoms with van der Waals surface area (Å²) in [5.74, 6) is 2.25. The third-order valence-corrected chi connectivity index (χ3v) is 5.31. The van der Waals surface area contributed by atoms with E-state index in [0.29, 0.717) is 18.4 Å². The average molecular weight is 363 g/mol. The van der Waals surface area contributed by atoms with Gasteiger partial charge < -0.3 is 26.0 Å². The van der Waals surface area contributed by atoms with Gasteiger partial charge in [-0.15, -0.1) is 0 Å². The minimum atomic E-state index is 0.396. The second-order valence-corrected chi connectivity index (χ2v) is 7.45. The van der Waals surface area contributed by atoms with Gasteiger partial charge in [0.2, 0.25) is 0 Å². The molecule has 0 aromatic carbocycles. The van der Waals surface area contributed by atoms with E-state index in [0.717, 1.165) is 43.5 Å². The van der Waals surface area contributed by atoms with Gasteiger partial charge in [0.1, 0.15) is 5.69 Å². The van der Waals surface area contributed by atoms with E-state index in [1.807, 2.05) is 0 Å². The molecule has 0 spiro atoms. The normalized spacial score (nSPS) is 19.3. The van der Waals surface area contributed by atoms with Crippen LogP contribution >= 0.6 is 0 Å². The van der Waals surface area contributed by atoms with Crippen molar-refractivity contribution in [2.45, 2.75) is 58.3 Å². The van der Waals surface area contributed by atoms with Crippen LogP contribution in [0.3, 0.4) is 0 Å². The topological polar surface area (TPSA) is 88.3 Å². The van der Waals surface area contributed by atoms with Crippen LogP contribution in [-0.4, -0.2) is 42.9 Å². The summed E-state index contributed by atoms with van der Waals surface area (Å²) in [5, 5.41) is 6.82. The van der Waals surface area contributed by atoms with E-state index >= 15 is 0 Å². The standard InChI is InChI=1S/C19H34N6O/c1-2-3-12-26-19-23-17(20)16-18(24-19)25(14-22-16)11-6-4-5-8-15-9-7-10-21-13-15/h15,21-22H,2-14H2,1H3,(H2,20,23,24). The maximum atomic E-state index is 6.07. The van der Waals surface area contributed by atoms with Gasteiger partial charge in [0, 0.05) is 6.54 Å². The summed E-state index contributed by atoms with van der Waals surface area (Å²) in [6, 6.07) is 0.396. The Hall–Kier alpha value is -1.76. The molecule has 26 heavy (non-hydrogen) atoms. The smallest absolute Gasteiger partial charge is 0.320 e. The van der Waals surface area contributed by atoms with Gasteiger partial charge in [-0.25, -0.2) is 0 Å². The average Bonchev–Trinajstić information content (AvgIpc) is 3.06. The molecule has 1 fully saturated rings. The molecule has 0 radical (unpaired) electrons. The first-order valence-corrected chi connectivity index (χ1v) is 10.3. The van der Waals surface area contributed by atoms with Crippen LogP contribution in [0.5, 0.6) is 6.01 Å². The lowest BCUT2D eigenvalue weighted by atomic mass is 9.93. The number of unbranched alkanes of at least 4 members (excludes halogenated alkanes) is 3. The summed E-state index contributed by atoms with van der Waals surface area (Å²) in [6.07, 6.45) is 9.94. The second kappa shape index (κ2) is 9.80. The second-order valence-electron chi connectivity index (χ2n) is 7.45. The number of aromatic nitrogens is 2. The monoisotopic (exact) mass is 362 g/mol. The number of piperidine rings is 1. The highest BCUT2D eigenvalue weighted by molar-refractivity contribution is 5.80. The van der Waals surface area contributed by atoms with Gasteiger partial charge in [0.15, 0.2) is 11.6 Å². The fraction of sp³-hybridized carbons (Fsp3) is 0.789. The Morgan fingerprint density at radius 2 is 2.15 bits per heavy atom. The molecular formula is C19H34N6O. The number of ether oxygens (including phenoxy) is 1. The number of nitrogens with zero attached hydrogens (tertiary/aromatic N) is 3. The van der Waals surface area contributed by atoms with Crippen molar-refractivity contribution in [2.24, 2.45) is 5.92 Å². The lowest BCUT2D eigenvalue weighted by molar-refractivity contribution is 0.286. The Balaban J connectivity index is 1.44. The summed E-state index contributed by atoms with van der Waals surface area (Å²) < 4.78 is 5.65. The van der Waals surface area contributed by atoms with E-state index in [-0.39, 0.29) is 0 Å². The Morgan fingerprint density at radius 3 is 2.96 bits per heavy atom. The molecule has 2 aliphatic rings. The van der Waals surface area contributed by atoms with Gasteiger partial charge in [-0.2, -0.15) is 9.97 Å². The molecular weight excluding hydrogens is 328 g/mol. The van der Waals surface area contributed by atoms with Crippen molar-refractivity contribution in [3.8, 4) is 6.01 Å². The summed E-state index contributed by atoms with van der Waals surface area (Å²) >= 11 is 0. The molecule has 1 saturated heterocycles. The molecule has 1 atom stereocenters. The molecule has 3 rings (SSSR count). The predicted molar refractivity (Wildman–Crippen MR) is 107 cm³/mol. The molecule has 0 bridgehead atoms. The third-order valence-electron chi connectivity index (χ3n) is 5.31. The van der Waals surface area contributed by atoms with Crippen molar-refractivity contribution in [3.63, 3.8) is 0 Å². The Morgan fingerprint density at radius 1 is 1.23 bits per heavy atom. The molecule has 0 saturated carbocycles. The molecule has 3 heterocycles. The van der Waals surface area contributed by atoms with Crippen LogP contribution in [0.2, 0.25) is 0 Å². The minimum absolute atomic E-state index is 0.396. The highest BCUT2D eigenvalue weighted by atomic mass is 16.5. The van der Waals surface area contributed by atoms with Gasteiger partial charge in [0.25, 0.3) is 0 Å². The van der Waals surface area contributed by atoms with Crippen LogP contribution in [0.15, 0.2) is 0 Å². The van der Waals surface area contributed by atoms with Crippen LogP contribution in [-0.2, 0) is 0 Å². The van der Waals surface area contributed by atoms with Gasteiger partial charge >= 0.3 is 6.01 Å². The zero-order chi connectivity index (χ0) is 18.2. The Labute approximate surface area is 157 Å². The molecule has 0 amide bonds. The van der Waals surface area contributed by atoms with E-state index in [4.69, 9.17) is 10.5 Å². The quantitative estimate of drug-likeness (QED) is 0.551. The van der Waals surface area contributed by atoms with Crippen LogP contribution in [0.4, 0.5) is 17.3 Å². The molecule has 1 aromatic heterocycles. The van der Waals surface area contributed by atoms with Crippen LogP contribution in [0.1, 0.15) is 58.3 Å². The van der Waals surface area contributed by atoms with Crippen molar-refractivity contribution < 1.29 is 4.74 Å². The first-order valence-electron chi connectivity index (χ1n) is 10.3. The van der Waals surface area contributed by atoms with E-state index in [9.17, 15) is 0 Å². The summed E-state index contributed by atoms with van der Waals surface area (Å²) in [7, 11) is 0. The number of rotatable bonds is 10. The van der Waals surface area contributed by atoms with Gasteiger partial charge in [-0.1, -0.05) is 26.2 Å².